The summed E-state index contributed by atoms with van der Waals surface area (Å²) in [4.78, 5) is 7.30. The van der Waals surface area contributed by atoms with Gasteiger partial charge in [-0.25, -0.2) is 4.98 Å². The van der Waals surface area contributed by atoms with Crippen molar-refractivity contribution >= 4 is 0 Å². The maximum Gasteiger partial charge on any atom is 0.151 e. The number of nitrogens with two attached hydrogens (primary N) is 1. The fourth-order valence-corrected chi connectivity index (χ4v) is 1.18. The van der Waals surface area contributed by atoms with Crippen LogP contribution in [0.5, 0.6) is 0 Å². The van der Waals surface area contributed by atoms with Gasteiger partial charge in [-0.15, -0.1) is 0 Å². The molecule has 68 valence electrons. The van der Waals surface area contributed by atoms with Crippen molar-refractivity contribution in [3.8, 4) is 11.5 Å². The fourth-order valence-electron chi connectivity index (χ4n) is 1.18. The molecule has 0 radical (unpaired) electrons. The summed E-state index contributed by atoms with van der Waals surface area (Å²) in [5, 5.41) is 0. The largest absolute Gasteiger partial charge is 0.463 e. The number of furan rings is 1. The minimum Gasteiger partial charge on any atom is -0.463 e. The highest BCUT2D eigenvalue weighted by Gasteiger charge is 2.03. The molecule has 0 unspecified atom stereocenters. The van der Waals surface area contributed by atoms with Crippen molar-refractivity contribution in [3.63, 3.8) is 0 Å². The lowest BCUT2D eigenvalue weighted by Crippen LogP contribution is -2.03. The van der Waals surface area contributed by atoms with Crippen molar-refractivity contribution in [2.45, 2.75) is 6.42 Å². The summed E-state index contributed by atoms with van der Waals surface area (Å²) in [5.41, 5.74) is 6.30. The standard InChI is InChI=1S/C9H11N3O/c10-4-3-9-11-6-7(12-9)8-2-1-5-13-8/h1-2,5-6H,3-4,10H2,(H,11,12). The van der Waals surface area contributed by atoms with E-state index in [9.17, 15) is 0 Å². The summed E-state index contributed by atoms with van der Waals surface area (Å²) >= 11 is 0. The first kappa shape index (κ1) is 8.07. The number of aromatic amines is 1. The third-order valence-corrected chi connectivity index (χ3v) is 1.80. The highest BCUT2D eigenvalue weighted by atomic mass is 16.3. The van der Waals surface area contributed by atoms with Crippen molar-refractivity contribution in [2.24, 2.45) is 5.73 Å². The predicted molar refractivity (Wildman–Crippen MR) is 49.0 cm³/mol. The van der Waals surface area contributed by atoms with Gasteiger partial charge in [-0.1, -0.05) is 0 Å². The molecule has 0 aliphatic carbocycles. The summed E-state index contributed by atoms with van der Waals surface area (Å²) in [6.45, 7) is 0.602. The minimum atomic E-state index is 0.602. The molecule has 0 amide bonds. The number of hydrogen-bond donors (Lipinski definition) is 2. The Morgan fingerprint density at radius 1 is 1.54 bits per heavy atom. The lowest BCUT2D eigenvalue weighted by molar-refractivity contribution is 0.580. The number of rotatable bonds is 3. The zero-order chi connectivity index (χ0) is 9.10. The molecule has 0 bridgehead atoms. The molecule has 4 nitrogen and oxygen atoms in total. The molecular formula is C9H11N3O. The van der Waals surface area contributed by atoms with E-state index in [1.807, 2.05) is 12.1 Å². The molecule has 2 aromatic heterocycles. The van der Waals surface area contributed by atoms with Crippen LogP contribution in [-0.4, -0.2) is 16.5 Å². The van der Waals surface area contributed by atoms with Crippen LogP contribution in [0.4, 0.5) is 0 Å². The number of imidazole rings is 1. The molecule has 0 saturated heterocycles. The number of nitrogens with one attached hydrogen (secondary N) is 1. The van der Waals surface area contributed by atoms with Crippen LogP contribution in [0.25, 0.3) is 11.5 Å². The monoisotopic (exact) mass is 177 g/mol. The minimum absolute atomic E-state index is 0.602. The van der Waals surface area contributed by atoms with E-state index in [2.05, 4.69) is 9.97 Å². The van der Waals surface area contributed by atoms with E-state index in [1.54, 1.807) is 12.5 Å². The first-order chi connectivity index (χ1) is 6.40. The number of nitrogens with zero attached hydrogens (tertiary/aromatic N) is 1. The second-order valence-electron chi connectivity index (χ2n) is 2.76. The summed E-state index contributed by atoms with van der Waals surface area (Å²) in [7, 11) is 0. The number of aromatic nitrogens is 2. The van der Waals surface area contributed by atoms with Gasteiger partial charge in [-0.2, -0.15) is 0 Å². The van der Waals surface area contributed by atoms with Gasteiger partial charge in [-0.05, 0) is 18.7 Å². The molecule has 2 aromatic rings. The quantitative estimate of drug-likeness (QED) is 0.739. The van der Waals surface area contributed by atoms with E-state index in [1.165, 1.54) is 0 Å². The molecule has 0 aliphatic heterocycles. The summed E-state index contributed by atoms with van der Waals surface area (Å²) < 4.78 is 5.21. The zero-order valence-electron chi connectivity index (χ0n) is 7.16. The maximum atomic E-state index is 5.41. The van der Waals surface area contributed by atoms with Crippen LogP contribution in [0.1, 0.15) is 5.82 Å². The van der Waals surface area contributed by atoms with Crippen molar-refractivity contribution < 1.29 is 4.42 Å². The van der Waals surface area contributed by atoms with Gasteiger partial charge in [0.25, 0.3) is 0 Å². The summed E-state index contributed by atoms with van der Waals surface area (Å²) in [5.74, 6) is 1.70. The van der Waals surface area contributed by atoms with Crippen molar-refractivity contribution in [1.29, 1.82) is 0 Å². The van der Waals surface area contributed by atoms with E-state index in [0.29, 0.717) is 6.54 Å². The van der Waals surface area contributed by atoms with Gasteiger partial charge in [0.2, 0.25) is 0 Å². The third kappa shape index (κ3) is 1.62. The smallest absolute Gasteiger partial charge is 0.151 e. The Morgan fingerprint density at radius 3 is 3.15 bits per heavy atom. The number of hydrogen-bond acceptors (Lipinski definition) is 3. The molecular weight excluding hydrogens is 166 g/mol. The average molecular weight is 177 g/mol. The highest BCUT2D eigenvalue weighted by Crippen LogP contribution is 2.16. The molecule has 0 aromatic carbocycles. The van der Waals surface area contributed by atoms with Crippen LogP contribution >= 0.6 is 0 Å². The van der Waals surface area contributed by atoms with Gasteiger partial charge in [0, 0.05) is 6.42 Å². The first-order valence-corrected chi connectivity index (χ1v) is 4.18. The van der Waals surface area contributed by atoms with Crippen LogP contribution in [-0.2, 0) is 6.42 Å². The molecule has 0 atom stereocenters. The molecule has 0 saturated carbocycles. The van der Waals surface area contributed by atoms with E-state index in [4.69, 9.17) is 10.2 Å². The molecule has 2 rings (SSSR count). The van der Waals surface area contributed by atoms with E-state index in [0.717, 1.165) is 23.7 Å². The van der Waals surface area contributed by atoms with Gasteiger partial charge in [0.1, 0.15) is 11.5 Å². The lowest BCUT2D eigenvalue weighted by Gasteiger charge is -1.90. The topological polar surface area (TPSA) is 67.8 Å². The Balaban J connectivity index is 2.23. The van der Waals surface area contributed by atoms with Gasteiger partial charge in [-0.3, -0.25) is 0 Å². The van der Waals surface area contributed by atoms with Crippen molar-refractivity contribution in [3.05, 3.63) is 30.4 Å². The molecule has 0 aliphatic rings. The van der Waals surface area contributed by atoms with E-state index < -0.39 is 0 Å². The predicted octanol–water partition coefficient (Wildman–Crippen LogP) is 1.17. The molecule has 0 spiro atoms. The Bertz CT molecular complexity index is 364. The Morgan fingerprint density at radius 2 is 2.46 bits per heavy atom. The second kappa shape index (κ2) is 3.45. The Kier molecular flexibility index (Phi) is 2.14. The van der Waals surface area contributed by atoms with Gasteiger partial charge in [0.05, 0.1) is 12.5 Å². The first-order valence-electron chi connectivity index (χ1n) is 4.18. The van der Waals surface area contributed by atoms with Crippen LogP contribution < -0.4 is 5.73 Å². The Labute approximate surface area is 75.8 Å². The fraction of sp³-hybridized carbons (Fsp3) is 0.222. The van der Waals surface area contributed by atoms with Crippen LogP contribution in [0.15, 0.2) is 29.0 Å². The Hall–Kier alpha value is -1.55. The molecule has 4 heteroatoms. The molecule has 13 heavy (non-hydrogen) atoms. The van der Waals surface area contributed by atoms with Gasteiger partial charge < -0.3 is 15.1 Å². The summed E-state index contributed by atoms with van der Waals surface area (Å²) in [6, 6.07) is 3.73. The number of H-pyrrole nitrogens is 1. The normalized spacial score (nSPS) is 10.5. The van der Waals surface area contributed by atoms with E-state index in [-0.39, 0.29) is 0 Å². The third-order valence-electron chi connectivity index (χ3n) is 1.80. The van der Waals surface area contributed by atoms with Crippen molar-refractivity contribution in [1.82, 2.24) is 9.97 Å². The molecule has 3 N–H and O–H groups in total. The van der Waals surface area contributed by atoms with Crippen molar-refractivity contribution in [2.75, 3.05) is 6.54 Å². The average Bonchev–Trinajstić information content (AvgIpc) is 2.70. The van der Waals surface area contributed by atoms with Crippen LogP contribution in [0.2, 0.25) is 0 Å². The van der Waals surface area contributed by atoms with E-state index >= 15 is 0 Å². The van der Waals surface area contributed by atoms with Crippen LogP contribution in [0.3, 0.4) is 0 Å². The highest BCUT2D eigenvalue weighted by molar-refractivity contribution is 5.50. The van der Waals surface area contributed by atoms with Crippen LogP contribution in [0, 0.1) is 0 Å². The van der Waals surface area contributed by atoms with Gasteiger partial charge >= 0.3 is 0 Å². The van der Waals surface area contributed by atoms with Gasteiger partial charge in [0.15, 0.2) is 5.76 Å². The summed E-state index contributed by atoms with van der Waals surface area (Å²) in [6.07, 6.45) is 4.16. The lowest BCUT2D eigenvalue weighted by atomic mass is 10.3. The molecule has 0 fully saturated rings. The maximum absolute atomic E-state index is 5.41. The molecule has 2 heterocycles. The zero-order valence-corrected chi connectivity index (χ0v) is 7.16. The SMILES string of the molecule is NCCc1ncc(-c2ccco2)[nH]1. The second-order valence-corrected chi connectivity index (χ2v) is 2.76.